The number of amides is 1. The summed E-state index contributed by atoms with van der Waals surface area (Å²) in [6.45, 7) is 3.65. The molecular formula is C22H23N7O3S2. The van der Waals surface area contributed by atoms with Crippen LogP contribution in [0, 0.1) is 6.92 Å². The molecule has 4 aromatic rings. The Morgan fingerprint density at radius 3 is 2.94 bits per heavy atom. The molecule has 0 radical (unpaired) electrons. The predicted octanol–water partition coefficient (Wildman–Crippen LogP) is 2.50. The lowest BCUT2D eigenvalue weighted by Crippen LogP contribution is -2.48. The Balaban J connectivity index is 1.18. The van der Waals surface area contributed by atoms with E-state index in [1.54, 1.807) is 10.7 Å². The number of carbonyl (C=O) groups is 1. The van der Waals surface area contributed by atoms with Gasteiger partial charge in [0, 0.05) is 18.3 Å². The number of fused-ring (bicyclic) bond motifs is 2. The Morgan fingerprint density at radius 2 is 2.09 bits per heavy atom. The summed E-state index contributed by atoms with van der Waals surface area (Å²) >= 11 is 2.84. The number of ether oxygens (including phenoxy) is 2. The van der Waals surface area contributed by atoms with Gasteiger partial charge in [0.05, 0.1) is 36.1 Å². The average Bonchev–Trinajstić information content (AvgIpc) is 3.29. The molecule has 1 atom stereocenters. The predicted molar refractivity (Wildman–Crippen MR) is 129 cm³/mol. The molecule has 3 aromatic heterocycles. The quantitative estimate of drug-likeness (QED) is 0.353. The highest BCUT2D eigenvalue weighted by Crippen LogP contribution is 2.20. The minimum absolute atomic E-state index is 0.0382. The third kappa shape index (κ3) is 5.08. The average molecular weight is 498 g/mol. The van der Waals surface area contributed by atoms with Gasteiger partial charge in [-0.2, -0.15) is 9.50 Å². The van der Waals surface area contributed by atoms with Crippen LogP contribution in [0.1, 0.15) is 5.69 Å². The maximum atomic E-state index is 12.8. The highest BCUT2D eigenvalue weighted by Gasteiger charge is 2.25. The highest BCUT2D eigenvalue weighted by molar-refractivity contribution is 7.99. The van der Waals surface area contributed by atoms with Crippen LogP contribution in [0.5, 0.6) is 5.88 Å². The Labute approximate surface area is 204 Å². The summed E-state index contributed by atoms with van der Waals surface area (Å²) in [4.78, 5) is 32.4. The summed E-state index contributed by atoms with van der Waals surface area (Å²) in [5.41, 5.74) is 2.45. The van der Waals surface area contributed by atoms with Crippen molar-refractivity contribution in [2.75, 3.05) is 38.3 Å². The van der Waals surface area contributed by atoms with Crippen LogP contribution in [-0.2, 0) is 9.53 Å². The Morgan fingerprint density at radius 1 is 1.24 bits per heavy atom. The van der Waals surface area contributed by atoms with Gasteiger partial charge in [-0.15, -0.1) is 5.10 Å². The fraction of sp³-hybridized carbons (Fsp3) is 0.364. The van der Waals surface area contributed by atoms with E-state index in [0.717, 1.165) is 21.8 Å². The van der Waals surface area contributed by atoms with Crippen molar-refractivity contribution in [3.05, 3.63) is 42.2 Å². The first-order valence-corrected chi connectivity index (χ1v) is 13.0. The lowest BCUT2D eigenvalue weighted by Gasteiger charge is -2.32. The van der Waals surface area contributed by atoms with Crippen molar-refractivity contribution in [3.8, 4) is 5.88 Å². The first kappa shape index (κ1) is 22.8. The summed E-state index contributed by atoms with van der Waals surface area (Å²) < 4.78 is 13.5. The number of hydrogen-bond acceptors (Lipinski definition) is 10. The number of morpholine rings is 1. The molecule has 1 aromatic carbocycles. The van der Waals surface area contributed by atoms with Crippen molar-refractivity contribution >= 4 is 46.2 Å². The lowest BCUT2D eigenvalue weighted by molar-refractivity contribution is -0.137. The van der Waals surface area contributed by atoms with E-state index in [2.05, 4.69) is 25.0 Å². The number of aromatic nitrogens is 6. The number of para-hydroxylation sites is 2. The van der Waals surface area contributed by atoms with Crippen LogP contribution in [0.25, 0.3) is 16.8 Å². The van der Waals surface area contributed by atoms with Gasteiger partial charge in [0.2, 0.25) is 16.9 Å². The molecule has 0 aliphatic carbocycles. The largest absolute Gasteiger partial charge is 0.475 e. The second-order valence-corrected chi connectivity index (χ2v) is 9.44. The fourth-order valence-corrected chi connectivity index (χ4v) is 4.67. The second kappa shape index (κ2) is 10.1. The van der Waals surface area contributed by atoms with Crippen molar-refractivity contribution in [1.29, 1.82) is 0 Å². The van der Waals surface area contributed by atoms with Gasteiger partial charge in [-0.3, -0.25) is 9.78 Å². The van der Waals surface area contributed by atoms with Crippen LogP contribution in [0.3, 0.4) is 0 Å². The number of carbonyl (C=O) groups excluding carboxylic acids is 1. The summed E-state index contributed by atoms with van der Waals surface area (Å²) in [5, 5.41) is 5.77. The zero-order valence-corrected chi connectivity index (χ0v) is 20.4. The zero-order chi connectivity index (χ0) is 23.5. The van der Waals surface area contributed by atoms with Crippen LogP contribution < -0.4 is 4.74 Å². The first-order chi connectivity index (χ1) is 16.6. The molecule has 1 unspecified atom stereocenters. The number of hydrogen-bond donors (Lipinski definition) is 0. The van der Waals surface area contributed by atoms with E-state index in [0.29, 0.717) is 48.9 Å². The lowest BCUT2D eigenvalue weighted by atomic mass is 10.3. The maximum absolute atomic E-state index is 12.8. The van der Waals surface area contributed by atoms with Gasteiger partial charge in [-0.05, 0) is 25.3 Å². The molecule has 0 bridgehead atoms. The molecule has 1 aliphatic rings. The molecule has 1 fully saturated rings. The second-order valence-electron chi connectivity index (χ2n) is 7.68. The van der Waals surface area contributed by atoms with Crippen LogP contribution in [0.15, 0.2) is 46.7 Å². The number of rotatable bonds is 7. The molecule has 4 heterocycles. The van der Waals surface area contributed by atoms with E-state index >= 15 is 0 Å². The molecule has 5 rings (SSSR count). The van der Waals surface area contributed by atoms with Crippen LogP contribution in [-0.4, -0.2) is 84.8 Å². The van der Waals surface area contributed by atoms with Crippen molar-refractivity contribution in [2.24, 2.45) is 0 Å². The third-order valence-corrected chi connectivity index (χ3v) is 6.67. The highest BCUT2D eigenvalue weighted by atomic mass is 32.2. The Bertz CT molecular complexity index is 1330. The molecule has 0 N–H and O–H groups in total. The van der Waals surface area contributed by atoms with Gasteiger partial charge in [-0.25, -0.2) is 9.97 Å². The molecular weight excluding hydrogens is 474 g/mol. The summed E-state index contributed by atoms with van der Waals surface area (Å²) in [7, 11) is 0. The molecule has 0 spiro atoms. The van der Waals surface area contributed by atoms with E-state index in [-0.39, 0.29) is 12.0 Å². The topological polar surface area (TPSA) is 108 Å². The van der Waals surface area contributed by atoms with Crippen LogP contribution in [0.2, 0.25) is 0 Å². The van der Waals surface area contributed by atoms with E-state index < -0.39 is 0 Å². The number of aryl methyl sites for hydroxylation is 1. The normalized spacial score (nSPS) is 16.3. The summed E-state index contributed by atoms with van der Waals surface area (Å²) in [6.07, 6.45) is 3.38. The van der Waals surface area contributed by atoms with Crippen LogP contribution in [0.4, 0.5) is 0 Å². The first-order valence-electron chi connectivity index (χ1n) is 10.7. The molecule has 10 nitrogen and oxygen atoms in total. The summed E-state index contributed by atoms with van der Waals surface area (Å²) in [5.74, 6) is 1.37. The van der Waals surface area contributed by atoms with Crippen LogP contribution >= 0.6 is 23.5 Å². The molecule has 176 valence electrons. The van der Waals surface area contributed by atoms with E-state index in [1.165, 1.54) is 23.5 Å². The number of benzene rings is 1. The standard InChI is InChI=1S/C22H23N7O3S2/c1-14-9-20(29-21(24-14)26-22(27-29)33-2)32-12-15-11-28(7-8-31-15)19(30)13-34-18-10-23-16-5-3-4-6-17(16)25-18/h3-6,9-10,15H,7-8,11-13H2,1-2H3. The van der Waals surface area contributed by atoms with Crippen molar-refractivity contribution in [3.63, 3.8) is 0 Å². The zero-order valence-electron chi connectivity index (χ0n) is 18.7. The van der Waals surface area contributed by atoms with Gasteiger partial charge in [-0.1, -0.05) is 35.7 Å². The molecule has 34 heavy (non-hydrogen) atoms. The molecule has 1 saturated heterocycles. The van der Waals surface area contributed by atoms with Crippen molar-refractivity contribution in [1.82, 2.24) is 34.4 Å². The minimum Gasteiger partial charge on any atom is -0.475 e. The molecule has 0 saturated carbocycles. The maximum Gasteiger partial charge on any atom is 0.256 e. The van der Waals surface area contributed by atoms with E-state index in [4.69, 9.17) is 9.47 Å². The molecule has 1 aliphatic heterocycles. The third-order valence-electron chi connectivity index (χ3n) is 5.25. The number of thioether (sulfide) groups is 2. The van der Waals surface area contributed by atoms with Gasteiger partial charge in [0.1, 0.15) is 17.7 Å². The van der Waals surface area contributed by atoms with Gasteiger partial charge in [0.25, 0.3) is 5.78 Å². The number of nitrogens with zero attached hydrogens (tertiary/aromatic N) is 7. The Hall–Kier alpha value is -2.96. The smallest absolute Gasteiger partial charge is 0.256 e. The van der Waals surface area contributed by atoms with E-state index in [1.807, 2.05) is 48.4 Å². The van der Waals surface area contributed by atoms with Crippen molar-refractivity contribution < 1.29 is 14.3 Å². The molecule has 1 amide bonds. The fourth-order valence-electron chi connectivity index (χ4n) is 3.59. The van der Waals surface area contributed by atoms with Gasteiger partial charge >= 0.3 is 0 Å². The summed E-state index contributed by atoms with van der Waals surface area (Å²) in [6, 6.07) is 9.51. The molecule has 12 heteroatoms. The van der Waals surface area contributed by atoms with Crippen molar-refractivity contribution in [2.45, 2.75) is 23.2 Å². The monoisotopic (exact) mass is 497 g/mol. The Kier molecular flexibility index (Phi) is 6.79. The minimum atomic E-state index is -0.241. The van der Waals surface area contributed by atoms with Gasteiger partial charge < -0.3 is 14.4 Å². The SMILES string of the molecule is CSc1nc2nc(C)cc(OCC3CN(C(=O)CSc4cnc5ccccc5n4)CCO3)n2n1. The van der Waals surface area contributed by atoms with Gasteiger partial charge in [0.15, 0.2) is 0 Å². The van der Waals surface area contributed by atoms with E-state index in [9.17, 15) is 4.79 Å².